The molecule has 1 N–H and O–H groups in total. The van der Waals surface area contributed by atoms with E-state index in [9.17, 15) is 9.90 Å². The smallest absolute Gasteiger partial charge is 0.336 e. The lowest BCUT2D eigenvalue weighted by molar-refractivity contribution is -0.139. The Morgan fingerprint density at radius 2 is 2.14 bits per heavy atom. The van der Waals surface area contributed by atoms with Gasteiger partial charge in [0, 0.05) is 15.8 Å². The Morgan fingerprint density at radius 3 is 2.71 bits per heavy atom. The standard InChI is InChI=1S/C20H22Cl2N2O3S/c1-4-6-15-17(20(26)27-5-2)16(13-8-7-12(21)11-14(13)22)18(23-3)19(24-15)28-10-9-25/h7-8,11,16,18,25H,4-6,9-10H2,1-2H3. The third-order valence-corrected chi connectivity index (χ3v) is 5.77. The molecule has 0 radical (unpaired) electrons. The lowest BCUT2D eigenvalue weighted by atomic mass is 9.81. The first-order chi connectivity index (χ1) is 13.5. The number of hydrogen-bond acceptors (Lipinski definition) is 5. The van der Waals surface area contributed by atoms with Crippen LogP contribution in [0, 0.1) is 6.57 Å². The van der Waals surface area contributed by atoms with Crippen LogP contribution in [0.1, 0.15) is 38.2 Å². The largest absolute Gasteiger partial charge is 0.463 e. The lowest BCUT2D eigenvalue weighted by Gasteiger charge is -2.28. The molecule has 0 amide bonds. The van der Waals surface area contributed by atoms with Gasteiger partial charge in [-0.25, -0.2) is 16.4 Å². The average Bonchev–Trinajstić information content (AvgIpc) is 2.66. The zero-order chi connectivity index (χ0) is 20.7. The number of esters is 1. The number of ether oxygens (including phenoxy) is 1. The molecule has 0 fully saturated rings. The topological polar surface area (TPSA) is 63.2 Å². The number of carbonyl (C=O) groups is 1. The van der Waals surface area contributed by atoms with Gasteiger partial charge in [0.1, 0.15) is 5.92 Å². The Morgan fingerprint density at radius 1 is 1.39 bits per heavy atom. The second kappa shape index (κ2) is 10.9. The highest BCUT2D eigenvalue weighted by Crippen LogP contribution is 2.43. The first kappa shape index (κ1) is 22.8. The molecule has 2 atom stereocenters. The van der Waals surface area contributed by atoms with Gasteiger partial charge in [-0.1, -0.05) is 42.6 Å². The van der Waals surface area contributed by atoms with Crippen LogP contribution in [-0.4, -0.2) is 41.1 Å². The van der Waals surface area contributed by atoms with E-state index in [1.165, 1.54) is 11.8 Å². The van der Waals surface area contributed by atoms with Crippen LogP contribution in [0.15, 0.2) is 34.5 Å². The van der Waals surface area contributed by atoms with Crippen molar-refractivity contribution >= 4 is 46.0 Å². The summed E-state index contributed by atoms with van der Waals surface area (Å²) in [7, 11) is 0. The summed E-state index contributed by atoms with van der Waals surface area (Å²) in [6.07, 6.45) is 1.35. The van der Waals surface area contributed by atoms with Gasteiger partial charge in [0.15, 0.2) is 5.04 Å². The van der Waals surface area contributed by atoms with Crippen LogP contribution in [0.3, 0.4) is 0 Å². The van der Waals surface area contributed by atoms with Gasteiger partial charge in [0.2, 0.25) is 0 Å². The second-order valence-electron chi connectivity index (χ2n) is 6.07. The maximum atomic E-state index is 12.9. The minimum Gasteiger partial charge on any atom is -0.463 e. The monoisotopic (exact) mass is 440 g/mol. The molecule has 28 heavy (non-hydrogen) atoms. The van der Waals surface area contributed by atoms with E-state index in [1.54, 1.807) is 25.1 Å². The predicted octanol–water partition coefficient (Wildman–Crippen LogP) is 5.12. The van der Waals surface area contributed by atoms with E-state index in [1.807, 2.05) is 6.92 Å². The number of rotatable bonds is 7. The first-order valence-corrected chi connectivity index (χ1v) is 10.8. The number of aliphatic hydroxyl groups excluding tert-OH is 1. The Kier molecular flexibility index (Phi) is 8.84. The van der Waals surface area contributed by atoms with E-state index in [-0.39, 0.29) is 13.2 Å². The third kappa shape index (κ3) is 5.09. The molecule has 0 saturated heterocycles. The van der Waals surface area contributed by atoms with Crippen molar-refractivity contribution in [1.82, 2.24) is 0 Å². The van der Waals surface area contributed by atoms with Crippen molar-refractivity contribution in [3.05, 3.63) is 56.5 Å². The van der Waals surface area contributed by atoms with Crippen LogP contribution in [0.25, 0.3) is 4.85 Å². The molecule has 1 aliphatic heterocycles. The van der Waals surface area contributed by atoms with Gasteiger partial charge < -0.3 is 14.7 Å². The Balaban J connectivity index is 2.71. The summed E-state index contributed by atoms with van der Waals surface area (Å²) in [6, 6.07) is 4.32. The number of carbonyl (C=O) groups excluding carboxylic acids is 1. The summed E-state index contributed by atoms with van der Waals surface area (Å²) < 4.78 is 5.30. The van der Waals surface area contributed by atoms with Crippen molar-refractivity contribution in [3.63, 3.8) is 0 Å². The number of aliphatic hydroxyl groups is 1. The number of allylic oxidation sites excluding steroid dienone is 1. The summed E-state index contributed by atoms with van der Waals surface area (Å²) in [5.74, 6) is -0.674. The van der Waals surface area contributed by atoms with Gasteiger partial charge in [-0.15, -0.1) is 11.8 Å². The van der Waals surface area contributed by atoms with Gasteiger partial charge in [-0.2, -0.15) is 0 Å². The molecule has 0 saturated carbocycles. The molecule has 8 heteroatoms. The van der Waals surface area contributed by atoms with Gasteiger partial charge in [0.05, 0.1) is 24.5 Å². The fourth-order valence-electron chi connectivity index (χ4n) is 3.10. The summed E-state index contributed by atoms with van der Waals surface area (Å²) in [5.41, 5.74) is 1.63. The highest BCUT2D eigenvalue weighted by molar-refractivity contribution is 8.14. The molecule has 1 aromatic carbocycles. The van der Waals surface area contributed by atoms with E-state index < -0.39 is 17.9 Å². The highest BCUT2D eigenvalue weighted by Gasteiger charge is 2.45. The van der Waals surface area contributed by atoms with E-state index >= 15 is 0 Å². The van der Waals surface area contributed by atoms with Gasteiger partial charge in [-0.3, -0.25) is 0 Å². The molecule has 2 rings (SSSR count). The summed E-state index contributed by atoms with van der Waals surface area (Å²) in [4.78, 5) is 21.3. The number of thioether (sulfide) groups is 1. The second-order valence-corrected chi connectivity index (χ2v) is 8.03. The third-order valence-electron chi connectivity index (χ3n) is 4.20. The molecule has 0 spiro atoms. The number of halogens is 2. The summed E-state index contributed by atoms with van der Waals surface area (Å²) in [5, 5.41) is 10.7. The summed E-state index contributed by atoms with van der Waals surface area (Å²) >= 11 is 13.8. The van der Waals surface area contributed by atoms with E-state index in [0.29, 0.717) is 44.1 Å². The minimum absolute atomic E-state index is 0.0294. The Labute approximate surface area is 179 Å². The fourth-order valence-corrected chi connectivity index (χ4v) is 4.46. The van der Waals surface area contributed by atoms with Crippen LogP contribution in [-0.2, 0) is 9.53 Å². The van der Waals surface area contributed by atoms with Gasteiger partial charge in [-0.05, 0) is 31.0 Å². The van der Waals surface area contributed by atoms with Crippen LogP contribution in [0.4, 0.5) is 0 Å². The predicted molar refractivity (Wildman–Crippen MR) is 115 cm³/mol. The quantitative estimate of drug-likeness (QED) is 0.471. The van der Waals surface area contributed by atoms with E-state index in [4.69, 9.17) is 34.5 Å². The Bertz CT molecular complexity index is 833. The highest BCUT2D eigenvalue weighted by atomic mass is 35.5. The van der Waals surface area contributed by atoms with Crippen molar-refractivity contribution in [2.75, 3.05) is 19.0 Å². The van der Waals surface area contributed by atoms with Gasteiger partial charge >= 0.3 is 5.97 Å². The normalized spacial score (nSPS) is 19.2. The Hall–Kier alpha value is -1.52. The number of nitrogens with zero attached hydrogens (tertiary/aromatic N) is 2. The lowest BCUT2D eigenvalue weighted by Crippen LogP contribution is -2.33. The maximum Gasteiger partial charge on any atom is 0.336 e. The molecule has 1 heterocycles. The zero-order valence-corrected chi connectivity index (χ0v) is 18.1. The van der Waals surface area contributed by atoms with Gasteiger partial charge in [0.25, 0.3) is 6.04 Å². The molecule has 1 aliphatic rings. The molecular weight excluding hydrogens is 419 g/mol. The van der Waals surface area contributed by atoms with Crippen molar-refractivity contribution < 1.29 is 14.6 Å². The van der Waals surface area contributed by atoms with Crippen LogP contribution < -0.4 is 0 Å². The molecule has 0 aromatic heterocycles. The minimum atomic E-state index is -0.727. The van der Waals surface area contributed by atoms with Crippen molar-refractivity contribution in [3.8, 4) is 0 Å². The molecular formula is C20H22Cl2N2O3S. The molecule has 5 nitrogen and oxygen atoms in total. The first-order valence-electron chi connectivity index (χ1n) is 9.02. The molecule has 2 unspecified atom stereocenters. The van der Waals surface area contributed by atoms with E-state index in [0.717, 1.165) is 6.42 Å². The number of aliphatic imine (C=N–C) groups is 1. The summed E-state index contributed by atoms with van der Waals surface area (Å²) in [6.45, 7) is 11.7. The van der Waals surface area contributed by atoms with Crippen LogP contribution in [0.5, 0.6) is 0 Å². The zero-order valence-electron chi connectivity index (χ0n) is 15.7. The maximum absolute atomic E-state index is 12.9. The van der Waals surface area contributed by atoms with Crippen LogP contribution in [0.2, 0.25) is 10.0 Å². The fraction of sp³-hybridized carbons (Fsp3) is 0.450. The average molecular weight is 441 g/mol. The molecule has 0 bridgehead atoms. The van der Waals surface area contributed by atoms with Crippen molar-refractivity contribution in [2.24, 2.45) is 4.99 Å². The molecule has 0 aliphatic carbocycles. The number of benzene rings is 1. The van der Waals surface area contributed by atoms with Crippen molar-refractivity contribution in [2.45, 2.75) is 38.6 Å². The molecule has 1 aromatic rings. The number of hydrogen-bond donors (Lipinski definition) is 1. The SMILES string of the molecule is [C-]#[N+]C1C(SCCO)=NC(CCC)=C(C(=O)OCC)C1c1ccc(Cl)cc1Cl. The van der Waals surface area contributed by atoms with Crippen LogP contribution >= 0.6 is 35.0 Å². The molecule has 150 valence electrons. The van der Waals surface area contributed by atoms with Crippen molar-refractivity contribution in [1.29, 1.82) is 0 Å². The van der Waals surface area contributed by atoms with E-state index in [2.05, 4.69) is 9.84 Å².